The summed E-state index contributed by atoms with van der Waals surface area (Å²) in [7, 11) is -1.73. The molecule has 0 radical (unpaired) electrons. The lowest BCUT2D eigenvalue weighted by Gasteiger charge is -2.30. The predicted molar refractivity (Wildman–Crippen MR) is 79.3 cm³/mol. The van der Waals surface area contributed by atoms with Crippen LogP contribution < -0.4 is 4.72 Å². The Balaban J connectivity index is 2.01. The fourth-order valence-corrected chi connectivity index (χ4v) is 4.24. The van der Waals surface area contributed by atoms with Gasteiger partial charge in [-0.2, -0.15) is 0 Å². The van der Waals surface area contributed by atoms with Crippen molar-refractivity contribution in [3.63, 3.8) is 0 Å². The topological polar surface area (TPSA) is 64.0 Å². The molecule has 0 bridgehead atoms. The summed E-state index contributed by atoms with van der Waals surface area (Å²) >= 11 is 5.97. The predicted octanol–water partition coefficient (Wildman–Crippen LogP) is 2.05. The van der Waals surface area contributed by atoms with E-state index in [-0.39, 0.29) is 5.03 Å². The highest BCUT2D eigenvalue weighted by Gasteiger charge is 2.27. The van der Waals surface area contributed by atoms with Gasteiger partial charge in [0.25, 0.3) is 10.0 Å². The molecule has 2 rings (SSSR count). The maximum absolute atomic E-state index is 12.2. The maximum atomic E-state index is 12.2. The average Bonchev–Trinajstić information content (AvgIpc) is 2.78. The molecule has 1 N–H and O–H groups in total. The molecule has 1 heterocycles. The van der Waals surface area contributed by atoms with Crippen LogP contribution in [0.3, 0.4) is 0 Å². The molecular formula is C13H22ClN3O2S. The zero-order valence-corrected chi connectivity index (χ0v) is 13.5. The van der Waals surface area contributed by atoms with Crippen molar-refractivity contribution >= 4 is 21.6 Å². The van der Waals surface area contributed by atoms with Gasteiger partial charge >= 0.3 is 0 Å². The van der Waals surface area contributed by atoms with Gasteiger partial charge in [0.15, 0.2) is 5.03 Å². The van der Waals surface area contributed by atoms with Gasteiger partial charge in [0, 0.05) is 25.7 Å². The molecule has 0 spiro atoms. The molecule has 1 aliphatic rings. The van der Waals surface area contributed by atoms with Gasteiger partial charge in [-0.25, -0.2) is 18.1 Å². The molecule has 114 valence electrons. The zero-order chi connectivity index (χ0) is 14.8. The van der Waals surface area contributed by atoms with Crippen LogP contribution in [-0.4, -0.2) is 30.4 Å². The Morgan fingerprint density at radius 3 is 2.60 bits per heavy atom. The van der Waals surface area contributed by atoms with Crippen LogP contribution in [0.2, 0.25) is 0 Å². The normalized spacial score (nSPS) is 23.9. The van der Waals surface area contributed by atoms with Gasteiger partial charge in [-0.3, -0.25) is 0 Å². The molecule has 7 heteroatoms. The largest absolute Gasteiger partial charge is 0.337 e. The van der Waals surface area contributed by atoms with E-state index in [0.717, 1.165) is 19.3 Å². The molecule has 1 aliphatic carbocycles. The molecule has 2 atom stereocenters. The van der Waals surface area contributed by atoms with Crippen LogP contribution in [0.5, 0.6) is 0 Å². The number of aromatic nitrogens is 2. The number of hydrogen-bond acceptors (Lipinski definition) is 3. The van der Waals surface area contributed by atoms with Gasteiger partial charge in [0.2, 0.25) is 0 Å². The maximum Gasteiger partial charge on any atom is 0.259 e. The highest BCUT2D eigenvalue weighted by Crippen LogP contribution is 2.30. The van der Waals surface area contributed by atoms with Gasteiger partial charge in [-0.15, -0.1) is 11.6 Å². The first-order chi connectivity index (χ1) is 9.44. The second-order valence-electron chi connectivity index (χ2n) is 5.55. The molecule has 0 aromatic carbocycles. The summed E-state index contributed by atoms with van der Waals surface area (Å²) in [6, 6.07) is 0. The minimum atomic E-state index is -3.52. The van der Waals surface area contributed by atoms with E-state index in [0.29, 0.717) is 30.1 Å². The molecule has 0 saturated heterocycles. The molecule has 1 fully saturated rings. The Hall–Kier alpha value is -0.590. The number of imidazole rings is 1. The quantitative estimate of drug-likeness (QED) is 0.845. The summed E-state index contributed by atoms with van der Waals surface area (Å²) < 4.78 is 28.8. The lowest BCUT2D eigenvalue weighted by molar-refractivity contribution is 0.260. The number of halogens is 1. The van der Waals surface area contributed by atoms with E-state index >= 15 is 0 Å². The number of hydrogen-bond donors (Lipinski definition) is 1. The number of rotatable bonds is 5. The molecule has 0 aliphatic heterocycles. The van der Waals surface area contributed by atoms with E-state index < -0.39 is 10.0 Å². The van der Waals surface area contributed by atoms with E-state index in [1.54, 1.807) is 18.5 Å². The van der Waals surface area contributed by atoms with Crippen molar-refractivity contribution in [3.05, 3.63) is 12.0 Å². The molecule has 1 saturated carbocycles. The van der Waals surface area contributed by atoms with Crippen molar-refractivity contribution in [3.8, 4) is 0 Å². The van der Waals surface area contributed by atoms with Gasteiger partial charge in [-0.05, 0) is 31.6 Å². The van der Waals surface area contributed by atoms with Crippen LogP contribution in [0.25, 0.3) is 0 Å². The lowest BCUT2D eigenvalue weighted by Crippen LogP contribution is -2.35. The van der Waals surface area contributed by atoms with Crippen LogP contribution in [0.1, 0.15) is 31.5 Å². The zero-order valence-electron chi connectivity index (χ0n) is 12.0. The average molecular weight is 320 g/mol. The van der Waals surface area contributed by atoms with Crippen molar-refractivity contribution in [1.29, 1.82) is 0 Å². The van der Waals surface area contributed by atoms with E-state index in [4.69, 9.17) is 11.6 Å². The Labute approximate surface area is 125 Å². The number of aryl methyl sites for hydroxylation is 2. The Morgan fingerprint density at radius 1 is 1.40 bits per heavy atom. The van der Waals surface area contributed by atoms with Crippen molar-refractivity contribution < 1.29 is 8.42 Å². The third kappa shape index (κ3) is 3.54. The fourth-order valence-electron chi connectivity index (χ4n) is 2.70. The molecule has 20 heavy (non-hydrogen) atoms. The molecular weight excluding hydrogens is 298 g/mol. The first kappa shape index (κ1) is 15.8. The second kappa shape index (κ2) is 6.45. The number of sulfonamides is 1. The standard InChI is InChI=1S/C13H22ClN3O2S/c1-10-16-13(9-17(10)2)20(18,19)15-8-12-6-4-3-5-11(12)7-14/h9,11-12,15H,3-8H2,1-2H3. The Bertz CT molecular complexity index is 536. The summed E-state index contributed by atoms with van der Waals surface area (Å²) in [4.78, 5) is 4.07. The number of nitrogens with one attached hydrogen (secondary N) is 1. The third-order valence-corrected chi connectivity index (χ3v) is 5.85. The first-order valence-corrected chi connectivity index (χ1v) is 9.01. The van der Waals surface area contributed by atoms with Crippen LogP contribution in [0.4, 0.5) is 0 Å². The van der Waals surface area contributed by atoms with E-state index in [9.17, 15) is 8.42 Å². The fraction of sp³-hybridized carbons (Fsp3) is 0.769. The molecule has 2 unspecified atom stereocenters. The minimum absolute atomic E-state index is 0.0933. The third-order valence-electron chi connectivity index (χ3n) is 4.16. The molecule has 0 amide bonds. The van der Waals surface area contributed by atoms with Crippen molar-refractivity contribution in [2.75, 3.05) is 12.4 Å². The van der Waals surface area contributed by atoms with Crippen LogP contribution >= 0.6 is 11.6 Å². The first-order valence-electron chi connectivity index (χ1n) is 6.99. The van der Waals surface area contributed by atoms with E-state index in [2.05, 4.69) is 9.71 Å². The van der Waals surface area contributed by atoms with Gasteiger partial charge in [-0.1, -0.05) is 12.8 Å². The van der Waals surface area contributed by atoms with E-state index in [1.807, 2.05) is 0 Å². The summed E-state index contributed by atoms with van der Waals surface area (Å²) in [5, 5.41) is 0.0933. The monoisotopic (exact) mass is 319 g/mol. The Kier molecular flexibility index (Phi) is 5.09. The summed E-state index contributed by atoms with van der Waals surface area (Å²) in [5.41, 5.74) is 0. The van der Waals surface area contributed by atoms with Crippen molar-refractivity contribution in [1.82, 2.24) is 14.3 Å². The summed E-state index contributed by atoms with van der Waals surface area (Å²) in [6.45, 7) is 2.24. The number of nitrogens with zero attached hydrogens (tertiary/aromatic N) is 2. The molecule has 5 nitrogen and oxygen atoms in total. The van der Waals surface area contributed by atoms with Crippen molar-refractivity contribution in [2.45, 2.75) is 37.6 Å². The molecule has 1 aromatic heterocycles. The van der Waals surface area contributed by atoms with Crippen LogP contribution in [-0.2, 0) is 17.1 Å². The highest BCUT2D eigenvalue weighted by molar-refractivity contribution is 7.89. The highest BCUT2D eigenvalue weighted by atomic mass is 35.5. The van der Waals surface area contributed by atoms with Crippen LogP contribution in [0, 0.1) is 18.8 Å². The van der Waals surface area contributed by atoms with Gasteiger partial charge in [0.1, 0.15) is 5.82 Å². The molecule has 1 aromatic rings. The minimum Gasteiger partial charge on any atom is -0.337 e. The summed E-state index contributed by atoms with van der Waals surface area (Å²) in [6.07, 6.45) is 6.03. The van der Waals surface area contributed by atoms with Crippen molar-refractivity contribution in [2.24, 2.45) is 18.9 Å². The van der Waals surface area contributed by atoms with Gasteiger partial charge < -0.3 is 4.57 Å². The summed E-state index contributed by atoms with van der Waals surface area (Å²) in [5.74, 6) is 2.04. The Morgan fingerprint density at radius 2 is 2.05 bits per heavy atom. The van der Waals surface area contributed by atoms with Crippen LogP contribution in [0.15, 0.2) is 11.2 Å². The number of alkyl halides is 1. The van der Waals surface area contributed by atoms with Gasteiger partial charge in [0.05, 0.1) is 0 Å². The second-order valence-corrected chi connectivity index (χ2v) is 7.57. The SMILES string of the molecule is Cc1nc(S(=O)(=O)NCC2CCCCC2CCl)cn1C. The smallest absolute Gasteiger partial charge is 0.259 e. The van der Waals surface area contributed by atoms with E-state index in [1.165, 1.54) is 12.6 Å². The lowest BCUT2D eigenvalue weighted by atomic mass is 9.80.